The Bertz CT molecular complexity index is 759. The summed E-state index contributed by atoms with van der Waals surface area (Å²) in [4.78, 5) is 4.05. The van der Waals surface area contributed by atoms with Crippen molar-refractivity contribution in [2.75, 3.05) is 4.72 Å². The fourth-order valence-electron chi connectivity index (χ4n) is 1.83. The van der Waals surface area contributed by atoms with Gasteiger partial charge < -0.3 is 10.3 Å². The predicted molar refractivity (Wildman–Crippen MR) is 77.7 cm³/mol. The number of aromatic nitrogens is 4. The van der Waals surface area contributed by atoms with Crippen molar-refractivity contribution in [3.05, 3.63) is 23.8 Å². The van der Waals surface area contributed by atoms with Gasteiger partial charge in [-0.2, -0.15) is 13.5 Å². The molecule has 0 unspecified atom stereocenters. The maximum Gasteiger partial charge on any atom is 0.282 e. The highest BCUT2D eigenvalue weighted by molar-refractivity contribution is 7.92. The number of nitrogens with two attached hydrogens (primary N) is 1. The number of nitrogens with zero attached hydrogens (tertiary/aromatic N) is 3. The lowest BCUT2D eigenvalue weighted by molar-refractivity contribution is 0.597. The van der Waals surface area contributed by atoms with Gasteiger partial charge in [0.2, 0.25) is 0 Å². The Morgan fingerprint density at radius 3 is 2.90 bits per heavy atom. The largest absolute Gasteiger partial charge is 0.384 e. The van der Waals surface area contributed by atoms with Crippen molar-refractivity contribution in [2.24, 2.45) is 5.73 Å². The zero-order chi connectivity index (χ0) is 15.6. The van der Waals surface area contributed by atoms with E-state index in [-0.39, 0.29) is 22.2 Å². The van der Waals surface area contributed by atoms with E-state index in [0.29, 0.717) is 12.4 Å². The second-order valence-electron chi connectivity index (χ2n) is 4.50. The van der Waals surface area contributed by atoms with Crippen molar-refractivity contribution in [1.29, 1.82) is 5.41 Å². The van der Waals surface area contributed by atoms with Crippen LogP contribution in [0.15, 0.2) is 17.4 Å². The molecule has 0 radical (unpaired) electrons. The van der Waals surface area contributed by atoms with Gasteiger partial charge in [0.15, 0.2) is 5.03 Å². The standard InChI is InChI=1S/C11H17N7O2S/c1-3-4-18-6-9(15-7(18)2)21(19,20)17-11-8(10(12)13)5-14-16-11/h5-6H,3-4H2,1-2H3,(H3,12,13)(H2,14,16,17). The molecule has 0 atom stereocenters. The molecule has 0 bridgehead atoms. The van der Waals surface area contributed by atoms with Crippen molar-refractivity contribution in [2.45, 2.75) is 31.8 Å². The van der Waals surface area contributed by atoms with E-state index in [9.17, 15) is 8.42 Å². The first-order valence-electron chi connectivity index (χ1n) is 6.29. The fourth-order valence-corrected chi connectivity index (χ4v) is 2.88. The van der Waals surface area contributed by atoms with E-state index < -0.39 is 10.0 Å². The molecule has 0 aliphatic rings. The van der Waals surface area contributed by atoms with Crippen molar-refractivity contribution in [1.82, 2.24) is 19.7 Å². The minimum absolute atomic E-state index is 0.0465. The first-order valence-corrected chi connectivity index (χ1v) is 7.77. The third-order valence-electron chi connectivity index (χ3n) is 2.86. The Morgan fingerprint density at radius 1 is 1.57 bits per heavy atom. The van der Waals surface area contributed by atoms with Gasteiger partial charge in [-0.25, -0.2) is 4.98 Å². The number of aromatic amines is 1. The number of aryl methyl sites for hydroxylation is 2. The molecule has 0 aliphatic carbocycles. The summed E-state index contributed by atoms with van der Waals surface area (Å²) in [5, 5.41) is 13.4. The van der Waals surface area contributed by atoms with Crippen molar-refractivity contribution in [3.63, 3.8) is 0 Å². The number of hydrogen-bond acceptors (Lipinski definition) is 5. The van der Waals surface area contributed by atoms with Gasteiger partial charge in [0, 0.05) is 12.7 Å². The van der Waals surface area contributed by atoms with Crippen LogP contribution in [-0.4, -0.2) is 34.0 Å². The van der Waals surface area contributed by atoms with Gasteiger partial charge >= 0.3 is 0 Å². The molecule has 2 heterocycles. The molecular formula is C11H17N7O2S. The summed E-state index contributed by atoms with van der Waals surface area (Å²) in [5.41, 5.74) is 5.54. The van der Waals surface area contributed by atoms with Crippen LogP contribution < -0.4 is 10.5 Å². The first-order chi connectivity index (χ1) is 9.85. The van der Waals surface area contributed by atoms with Crippen LogP contribution in [-0.2, 0) is 16.6 Å². The lowest BCUT2D eigenvalue weighted by Crippen LogP contribution is -2.18. The molecule has 21 heavy (non-hydrogen) atoms. The average Bonchev–Trinajstić information content (AvgIpc) is 2.97. The molecule has 10 heteroatoms. The lowest BCUT2D eigenvalue weighted by atomic mass is 10.3. The molecule has 0 saturated carbocycles. The molecule has 2 aromatic heterocycles. The molecule has 2 rings (SSSR count). The number of imidazole rings is 1. The first kappa shape index (κ1) is 15.0. The summed E-state index contributed by atoms with van der Waals surface area (Å²) in [5.74, 6) is 0.382. The van der Waals surface area contributed by atoms with Crippen LogP contribution in [0.4, 0.5) is 5.82 Å². The summed E-state index contributed by atoms with van der Waals surface area (Å²) >= 11 is 0. The number of nitrogens with one attached hydrogen (secondary N) is 3. The highest BCUT2D eigenvalue weighted by atomic mass is 32.2. The summed E-state index contributed by atoms with van der Waals surface area (Å²) in [6.07, 6.45) is 3.63. The van der Waals surface area contributed by atoms with Crippen LogP contribution in [0.1, 0.15) is 24.7 Å². The molecule has 0 fully saturated rings. The molecule has 9 nitrogen and oxygen atoms in total. The SMILES string of the molecule is CCCn1cc(S(=O)(=O)Nc2[nH]ncc2C(=N)N)nc1C. The zero-order valence-corrected chi connectivity index (χ0v) is 12.5. The Hall–Kier alpha value is -2.36. The Balaban J connectivity index is 2.32. The smallest absolute Gasteiger partial charge is 0.282 e. The molecule has 0 spiro atoms. The molecule has 0 amide bonds. The van der Waals surface area contributed by atoms with Crippen LogP contribution in [0.25, 0.3) is 0 Å². The minimum atomic E-state index is -3.86. The van der Waals surface area contributed by atoms with Crippen molar-refractivity contribution in [3.8, 4) is 0 Å². The highest BCUT2D eigenvalue weighted by Gasteiger charge is 2.22. The van der Waals surface area contributed by atoms with E-state index in [0.717, 1.165) is 6.42 Å². The molecular weight excluding hydrogens is 294 g/mol. The van der Waals surface area contributed by atoms with E-state index in [4.69, 9.17) is 11.1 Å². The van der Waals surface area contributed by atoms with Gasteiger partial charge in [0.1, 0.15) is 17.5 Å². The Morgan fingerprint density at radius 2 is 2.29 bits per heavy atom. The van der Waals surface area contributed by atoms with Gasteiger partial charge in [-0.15, -0.1) is 0 Å². The number of amidine groups is 1. The molecule has 5 N–H and O–H groups in total. The molecule has 114 valence electrons. The van der Waals surface area contributed by atoms with E-state index in [1.54, 1.807) is 11.5 Å². The minimum Gasteiger partial charge on any atom is -0.384 e. The molecule has 0 aliphatic heterocycles. The van der Waals surface area contributed by atoms with E-state index in [1.807, 2.05) is 6.92 Å². The number of anilines is 1. The maximum absolute atomic E-state index is 12.3. The van der Waals surface area contributed by atoms with E-state index >= 15 is 0 Å². The van der Waals surface area contributed by atoms with Gasteiger partial charge in [-0.3, -0.25) is 15.2 Å². The van der Waals surface area contributed by atoms with Crippen LogP contribution >= 0.6 is 0 Å². The second-order valence-corrected chi connectivity index (χ2v) is 6.13. The quantitative estimate of drug-likeness (QED) is 0.451. The van der Waals surface area contributed by atoms with Crippen LogP contribution in [0, 0.1) is 12.3 Å². The summed E-state index contributed by atoms with van der Waals surface area (Å²) in [6, 6.07) is 0. The van der Waals surface area contributed by atoms with Crippen LogP contribution in [0.2, 0.25) is 0 Å². The normalized spacial score (nSPS) is 11.5. The predicted octanol–water partition coefficient (Wildman–Crippen LogP) is 0.409. The third kappa shape index (κ3) is 3.05. The molecule has 0 saturated heterocycles. The van der Waals surface area contributed by atoms with Crippen molar-refractivity contribution < 1.29 is 8.42 Å². The maximum atomic E-state index is 12.3. The van der Waals surface area contributed by atoms with Gasteiger partial charge in [-0.05, 0) is 13.3 Å². The second kappa shape index (κ2) is 5.56. The number of hydrogen-bond donors (Lipinski definition) is 4. The topological polar surface area (TPSA) is 143 Å². The lowest BCUT2D eigenvalue weighted by Gasteiger charge is -2.05. The Labute approximate surface area is 122 Å². The number of nitrogen functional groups attached to an aromatic ring is 1. The highest BCUT2D eigenvalue weighted by Crippen LogP contribution is 2.17. The van der Waals surface area contributed by atoms with E-state index in [1.165, 1.54) is 12.4 Å². The number of rotatable bonds is 6. The average molecular weight is 311 g/mol. The van der Waals surface area contributed by atoms with E-state index in [2.05, 4.69) is 19.9 Å². The number of H-pyrrole nitrogens is 1. The summed E-state index contributed by atoms with van der Waals surface area (Å²) in [7, 11) is -3.86. The van der Waals surface area contributed by atoms with Gasteiger partial charge in [0.05, 0.1) is 11.8 Å². The van der Waals surface area contributed by atoms with Crippen LogP contribution in [0.5, 0.6) is 0 Å². The third-order valence-corrected chi connectivity index (χ3v) is 4.08. The summed E-state index contributed by atoms with van der Waals surface area (Å²) in [6.45, 7) is 4.43. The van der Waals surface area contributed by atoms with Gasteiger partial charge in [-0.1, -0.05) is 6.92 Å². The monoisotopic (exact) mass is 311 g/mol. The molecule has 2 aromatic rings. The van der Waals surface area contributed by atoms with Crippen molar-refractivity contribution >= 4 is 21.7 Å². The van der Waals surface area contributed by atoms with Gasteiger partial charge in [0.25, 0.3) is 10.0 Å². The Kier molecular flexibility index (Phi) is 3.98. The molecule has 0 aromatic carbocycles. The summed E-state index contributed by atoms with van der Waals surface area (Å²) < 4.78 is 28.7. The van der Waals surface area contributed by atoms with Crippen LogP contribution in [0.3, 0.4) is 0 Å². The number of sulfonamides is 1. The zero-order valence-electron chi connectivity index (χ0n) is 11.7. The fraction of sp³-hybridized carbons (Fsp3) is 0.364.